The van der Waals surface area contributed by atoms with Crippen LogP contribution in [0.5, 0.6) is 0 Å². The summed E-state index contributed by atoms with van der Waals surface area (Å²) in [7, 11) is 0. The van der Waals surface area contributed by atoms with Crippen LogP contribution in [0.4, 0.5) is 11.4 Å². The lowest BCUT2D eigenvalue weighted by Crippen LogP contribution is -2.41. The average Bonchev–Trinajstić information content (AvgIpc) is 3.11. The fourth-order valence-electron chi connectivity index (χ4n) is 3.74. The maximum absolute atomic E-state index is 12.7. The van der Waals surface area contributed by atoms with Crippen LogP contribution in [0.3, 0.4) is 0 Å². The standard InChI is InChI=1S/C20H23N5O3S/c1-29-9-8-16-19(27)22-14-7-6-11(10-13(14)18(26)23-16)21-20(28)17-12-4-2-3-5-15(12)24-25-17/h6-7,10,16H,2-5,8-9H2,1H3,(H,21,28)(H,22,27)(H,23,26)(H,24,25). The van der Waals surface area contributed by atoms with Crippen molar-refractivity contribution in [2.75, 3.05) is 22.6 Å². The van der Waals surface area contributed by atoms with Gasteiger partial charge in [0.05, 0.1) is 11.3 Å². The SMILES string of the molecule is CSCCC1NC(=O)c2cc(NC(=O)c3n[nH]c4c3CCCC4)ccc2NC1=O. The summed E-state index contributed by atoms with van der Waals surface area (Å²) in [5, 5.41) is 15.5. The van der Waals surface area contributed by atoms with E-state index in [-0.39, 0.29) is 17.7 Å². The van der Waals surface area contributed by atoms with Crippen molar-refractivity contribution in [3.63, 3.8) is 0 Å². The van der Waals surface area contributed by atoms with Gasteiger partial charge in [0.25, 0.3) is 11.8 Å². The quantitative estimate of drug-likeness (QED) is 0.600. The predicted molar refractivity (Wildman–Crippen MR) is 113 cm³/mol. The summed E-state index contributed by atoms with van der Waals surface area (Å²) in [6, 6.07) is 4.32. The third kappa shape index (κ3) is 4.00. The van der Waals surface area contributed by atoms with E-state index in [9.17, 15) is 14.4 Å². The lowest BCUT2D eigenvalue weighted by molar-refractivity contribution is -0.117. The van der Waals surface area contributed by atoms with Crippen LogP contribution in [0.1, 0.15) is 51.4 Å². The number of hydrogen-bond acceptors (Lipinski definition) is 5. The molecule has 4 rings (SSSR count). The predicted octanol–water partition coefficient (Wildman–Crippen LogP) is 2.34. The smallest absolute Gasteiger partial charge is 0.276 e. The molecule has 0 radical (unpaired) electrons. The number of carbonyl (C=O) groups excluding carboxylic acids is 3. The minimum absolute atomic E-state index is 0.230. The van der Waals surface area contributed by atoms with Crippen LogP contribution >= 0.6 is 11.8 Å². The van der Waals surface area contributed by atoms with Gasteiger partial charge >= 0.3 is 0 Å². The van der Waals surface area contributed by atoms with Crippen molar-refractivity contribution in [3.05, 3.63) is 40.7 Å². The van der Waals surface area contributed by atoms with Crippen LogP contribution < -0.4 is 16.0 Å². The van der Waals surface area contributed by atoms with Crippen molar-refractivity contribution in [1.29, 1.82) is 0 Å². The summed E-state index contributed by atoms with van der Waals surface area (Å²) < 4.78 is 0. The van der Waals surface area contributed by atoms with Crippen LogP contribution in [0.25, 0.3) is 0 Å². The van der Waals surface area contributed by atoms with Crippen molar-refractivity contribution in [1.82, 2.24) is 15.5 Å². The molecule has 3 amide bonds. The van der Waals surface area contributed by atoms with Gasteiger partial charge in [-0.1, -0.05) is 0 Å². The maximum Gasteiger partial charge on any atom is 0.276 e. The lowest BCUT2D eigenvalue weighted by Gasteiger charge is -2.13. The molecular formula is C20H23N5O3S. The number of aromatic nitrogens is 2. The van der Waals surface area contributed by atoms with Crippen LogP contribution in [-0.4, -0.2) is 46.0 Å². The number of benzene rings is 1. The summed E-state index contributed by atoms with van der Waals surface area (Å²) >= 11 is 1.62. The fourth-order valence-corrected chi connectivity index (χ4v) is 4.21. The number of anilines is 2. The van der Waals surface area contributed by atoms with Crippen molar-refractivity contribution in [3.8, 4) is 0 Å². The Labute approximate surface area is 172 Å². The zero-order chi connectivity index (χ0) is 20.4. The molecular weight excluding hydrogens is 390 g/mol. The molecule has 1 aliphatic carbocycles. The summed E-state index contributed by atoms with van der Waals surface area (Å²) in [5.74, 6) is -0.103. The molecule has 2 aliphatic rings. The molecule has 1 aromatic heterocycles. The third-order valence-electron chi connectivity index (χ3n) is 5.28. The molecule has 8 nitrogen and oxygen atoms in total. The molecule has 1 atom stereocenters. The number of aromatic amines is 1. The number of hydrogen-bond donors (Lipinski definition) is 4. The number of fused-ring (bicyclic) bond motifs is 2. The first-order valence-corrected chi connectivity index (χ1v) is 11.1. The second kappa shape index (κ2) is 8.28. The van der Waals surface area contributed by atoms with E-state index in [1.807, 2.05) is 6.26 Å². The molecule has 29 heavy (non-hydrogen) atoms. The number of thioether (sulfide) groups is 1. The molecule has 1 aromatic carbocycles. The Kier molecular flexibility index (Phi) is 5.57. The highest BCUT2D eigenvalue weighted by Crippen LogP contribution is 2.26. The van der Waals surface area contributed by atoms with Crippen LogP contribution in [0, 0.1) is 0 Å². The van der Waals surface area contributed by atoms with Gasteiger partial charge in [-0.15, -0.1) is 0 Å². The lowest BCUT2D eigenvalue weighted by atomic mass is 9.96. The largest absolute Gasteiger partial charge is 0.340 e. The van der Waals surface area contributed by atoms with Gasteiger partial charge in [0, 0.05) is 16.9 Å². The van der Waals surface area contributed by atoms with Gasteiger partial charge in [-0.3, -0.25) is 19.5 Å². The molecule has 2 aromatic rings. The fraction of sp³-hybridized carbons (Fsp3) is 0.400. The summed E-state index contributed by atoms with van der Waals surface area (Å²) in [6.07, 6.45) is 6.40. The summed E-state index contributed by atoms with van der Waals surface area (Å²) in [6.45, 7) is 0. The first kappa shape index (κ1) is 19.5. The van der Waals surface area contributed by atoms with Gasteiger partial charge in [-0.05, 0) is 62.3 Å². The number of aryl methyl sites for hydroxylation is 1. The van der Waals surface area contributed by atoms with E-state index in [2.05, 4.69) is 26.1 Å². The number of rotatable bonds is 5. The topological polar surface area (TPSA) is 116 Å². The minimum Gasteiger partial charge on any atom is -0.340 e. The van der Waals surface area contributed by atoms with Gasteiger partial charge < -0.3 is 16.0 Å². The van der Waals surface area contributed by atoms with E-state index in [1.165, 1.54) is 0 Å². The Morgan fingerprint density at radius 1 is 1.28 bits per heavy atom. The zero-order valence-electron chi connectivity index (χ0n) is 16.1. The summed E-state index contributed by atoms with van der Waals surface area (Å²) in [5.41, 5.74) is 3.66. The van der Waals surface area contributed by atoms with Crippen molar-refractivity contribution >= 4 is 40.9 Å². The molecule has 0 spiro atoms. The van der Waals surface area contributed by atoms with E-state index in [0.717, 1.165) is 42.7 Å². The van der Waals surface area contributed by atoms with Gasteiger partial charge in [0.1, 0.15) is 6.04 Å². The zero-order valence-corrected chi connectivity index (χ0v) is 16.9. The first-order valence-electron chi connectivity index (χ1n) is 9.69. The molecule has 4 N–H and O–H groups in total. The van der Waals surface area contributed by atoms with Crippen molar-refractivity contribution in [2.24, 2.45) is 0 Å². The monoisotopic (exact) mass is 413 g/mol. The highest BCUT2D eigenvalue weighted by molar-refractivity contribution is 7.98. The molecule has 0 saturated carbocycles. The number of H-pyrrole nitrogens is 1. The second-order valence-corrected chi connectivity index (χ2v) is 8.23. The highest BCUT2D eigenvalue weighted by Gasteiger charge is 2.28. The van der Waals surface area contributed by atoms with E-state index in [0.29, 0.717) is 29.1 Å². The molecule has 1 aliphatic heterocycles. The highest BCUT2D eigenvalue weighted by atomic mass is 32.2. The molecule has 2 heterocycles. The Hall–Kier alpha value is -2.81. The maximum atomic E-state index is 12.7. The van der Waals surface area contributed by atoms with Gasteiger partial charge in [0.2, 0.25) is 5.91 Å². The molecule has 0 saturated heterocycles. The van der Waals surface area contributed by atoms with E-state index in [4.69, 9.17) is 0 Å². The second-order valence-electron chi connectivity index (χ2n) is 7.25. The molecule has 9 heteroatoms. The van der Waals surface area contributed by atoms with Crippen molar-refractivity contribution in [2.45, 2.75) is 38.1 Å². The number of nitrogens with one attached hydrogen (secondary N) is 4. The van der Waals surface area contributed by atoms with Gasteiger partial charge in [0.15, 0.2) is 5.69 Å². The molecule has 0 bridgehead atoms. The number of carbonyl (C=O) groups is 3. The molecule has 1 unspecified atom stereocenters. The van der Waals surface area contributed by atoms with E-state index >= 15 is 0 Å². The first-order chi connectivity index (χ1) is 14.1. The third-order valence-corrected chi connectivity index (χ3v) is 5.93. The van der Waals surface area contributed by atoms with Gasteiger partial charge in [-0.2, -0.15) is 16.9 Å². The van der Waals surface area contributed by atoms with E-state index in [1.54, 1.807) is 30.0 Å². The van der Waals surface area contributed by atoms with Crippen LogP contribution in [-0.2, 0) is 17.6 Å². The minimum atomic E-state index is -0.573. The number of amides is 3. The Balaban J connectivity index is 1.53. The summed E-state index contributed by atoms with van der Waals surface area (Å²) in [4.78, 5) is 37.7. The molecule has 0 fully saturated rings. The Bertz CT molecular complexity index is 971. The average molecular weight is 414 g/mol. The molecule has 152 valence electrons. The van der Waals surface area contributed by atoms with Crippen LogP contribution in [0.2, 0.25) is 0 Å². The van der Waals surface area contributed by atoms with Crippen LogP contribution in [0.15, 0.2) is 18.2 Å². The van der Waals surface area contributed by atoms with E-state index < -0.39 is 6.04 Å². The Morgan fingerprint density at radius 3 is 2.93 bits per heavy atom. The Morgan fingerprint density at radius 2 is 2.10 bits per heavy atom. The number of nitrogens with zero attached hydrogens (tertiary/aromatic N) is 1. The normalized spacial score (nSPS) is 18.2. The van der Waals surface area contributed by atoms with Crippen molar-refractivity contribution < 1.29 is 14.4 Å². The van der Waals surface area contributed by atoms with Gasteiger partial charge in [-0.25, -0.2) is 0 Å².